The van der Waals surface area contributed by atoms with Crippen molar-refractivity contribution in [2.75, 3.05) is 13.1 Å². The van der Waals surface area contributed by atoms with E-state index in [2.05, 4.69) is 4.98 Å². The molecule has 24 heavy (non-hydrogen) atoms. The lowest BCUT2D eigenvalue weighted by Crippen LogP contribution is -2.35. The second kappa shape index (κ2) is 7.70. The lowest BCUT2D eigenvalue weighted by atomic mass is 10.1. The van der Waals surface area contributed by atoms with Crippen molar-refractivity contribution in [3.8, 4) is 0 Å². The van der Waals surface area contributed by atoms with Crippen LogP contribution in [0.15, 0.2) is 42.5 Å². The van der Waals surface area contributed by atoms with E-state index < -0.39 is 18.0 Å². The summed E-state index contributed by atoms with van der Waals surface area (Å²) in [5, 5.41) is 19.3. The van der Waals surface area contributed by atoms with E-state index in [1.165, 1.54) is 23.1 Å². The number of likely N-dealkylation sites (N-methyl/N-ethyl adjacent to an activating group) is 1. The van der Waals surface area contributed by atoms with Crippen LogP contribution in [-0.2, 0) is 0 Å². The van der Waals surface area contributed by atoms with Crippen molar-refractivity contribution < 1.29 is 19.8 Å². The van der Waals surface area contributed by atoms with Crippen LogP contribution in [0.5, 0.6) is 0 Å². The fraction of sp³-hybridized carbons (Fsp3) is 0.278. The molecule has 1 amide bonds. The van der Waals surface area contributed by atoms with E-state index in [1.54, 1.807) is 6.92 Å². The smallest absolute Gasteiger partial charge is 0.354 e. The van der Waals surface area contributed by atoms with Crippen molar-refractivity contribution in [2.45, 2.75) is 20.0 Å². The topological polar surface area (TPSA) is 90.7 Å². The molecule has 0 saturated heterocycles. The number of pyridine rings is 1. The molecule has 6 heteroatoms. The van der Waals surface area contributed by atoms with Gasteiger partial charge in [-0.2, -0.15) is 0 Å². The molecular formula is C18H20N2O4. The van der Waals surface area contributed by atoms with E-state index in [1.807, 2.05) is 31.2 Å². The number of carbonyl (C=O) groups excluding carboxylic acids is 1. The number of aromatic nitrogens is 1. The van der Waals surface area contributed by atoms with Gasteiger partial charge in [-0.15, -0.1) is 0 Å². The lowest BCUT2D eigenvalue weighted by Gasteiger charge is -2.24. The van der Waals surface area contributed by atoms with Gasteiger partial charge in [0.15, 0.2) is 0 Å². The number of aliphatic hydroxyl groups is 1. The standard InChI is InChI=1S/C18H20N2O4/c1-3-20(11-16(21)13-9-7-12(2)8-10-13)17(22)14-5-4-6-15(19-14)18(23)24/h4-10,16,21H,3,11H2,1-2H3,(H,23,24). The first-order valence-corrected chi connectivity index (χ1v) is 7.66. The maximum Gasteiger partial charge on any atom is 0.354 e. The summed E-state index contributed by atoms with van der Waals surface area (Å²) in [6.45, 7) is 4.23. The Morgan fingerprint density at radius 1 is 1.12 bits per heavy atom. The highest BCUT2D eigenvalue weighted by atomic mass is 16.4. The first-order chi connectivity index (χ1) is 11.4. The number of hydrogen-bond acceptors (Lipinski definition) is 4. The van der Waals surface area contributed by atoms with Crippen LogP contribution in [0.4, 0.5) is 0 Å². The molecule has 0 aliphatic rings. The minimum atomic E-state index is -1.19. The van der Waals surface area contributed by atoms with Gasteiger partial charge in [0.25, 0.3) is 5.91 Å². The predicted molar refractivity (Wildman–Crippen MR) is 88.9 cm³/mol. The summed E-state index contributed by atoms with van der Waals surface area (Å²) >= 11 is 0. The van der Waals surface area contributed by atoms with Crippen LogP contribution in [0.2, 0.25) is 0 Å². The maximum absolute atomic E-state index is 12.5. The van der Waals surface area contributed by atoms with Crippen LogP contribution < -0.4 is 0 Å². The first kappa shape index (κ1) is 17.6. The number of aliphatic hydroxyl groups excluding tert-OH is 1. The molecule has 0 aliphatic carbocycles. The van der Waals surface area contributed by atoms with Crippen molar-refractivity contribution >= 4 is 11.9 Å². The Bertz CT molecular complexity index is 728. The van der Waals surface area contributed by atoms with Gasteiger partial charge in [0.1, 0.15) is 11.4 Å². The molecule has 6 nitrogen and oxygen atoms in total. The number of carboxylic acid groups (broad SMARTS) is 1. The van der Waals surface area contributed by atoms with E-state index >= 15 is 0 Å². The molecule has 0 aliphatic heterocycles. The Hall–Kier alpha value is -2.73. The number of aromatic carboxylic acids is 1. The number of aryl methyl sites for hydroxylation is 1. The van der Waals surface area contributed by atoms with E-state index in [-0.39, 0.29) is 17.9 Å². The van der Waals surface area contributed by atoms with Gasteiger partial charge in [0, 0.05) is 6.54 Å². The fourth-order valence-corrected chi connectivity index (χ4v) is 2.29. The Morgan fingerprint density at radius 2 is 1.75 bits per heavy atom. The van der Waals surface area contributed by atoms with Gasteiger partial charge in [0.05, 0.1) is 12.6 Å². The molecule has 0 radical (unpaired) electrons. The van der Waals surface area contributed by atoms with Crippen LogP contribution in [0.1, 0.15) is 45.1 Å². The van der Waals surface area contributed by atoms with Gasteiger partial charge in [-0.05, 0) is 31.5 Å². The Labute approximate surface area is 140 Å². The summed E-state index contributed by atoms with van der Waals surface area (Å²) in [5.41, 5.74) is 1.67. The predicted octanol–water partition coefficient (Wildman–Crippen LogP) is 2.28. The number of benzene rings is 1. The summed E-state index contributed by atoms with van der Waals surface area (Å²) < 4.78 is 0. The molecule has 1 heterocycles. The number of nitrogens with zero attached hydrogens (tertiary/aromatic N) is 2. The molecule has 2 aromatic rings. The van der Waals surface area contributed by atoms with Gasteiger partial charge in [-0.3, -0.25) is 4.79 Å². The van der Waals surface area contributed by atoms with E-state index in [4.69, 9.17) is 5.11 Å². The van der Waals surface area contributed by atoms with E-state index in [9.17, 15) is 14.7 Å². The Morgan fingerprint density at radius 3 is 2.33 bits per heavy atom. The van der Waals surface area contributed by atoms with Crippen LogP contribution in [-0.4, -0.2) is 45.1 Å². The zero-order valence-electron chi connectivity index (χ0n) is 13.6. The molecule has 1 atom stereocenters. The summed E-state index contributed by atoms with van der Waals surface area (Å²) in [6.07, 6.45) is -0.822. The van der Waals surface area contributed by atoms with Crippen LogP contribution >= 0.6 is 0 Å². The number of rotatable bonds is 6. The Balaban J connectivity index is 2.15. The summed E-state index contributed by atoms with van der Waals surface area (Å²) in [5.74, 6) is -1.60. The second-order valence-electron chi connectivity index (χ2n) is 5.48. The number of carbonyl (C=O) groups is 2. The third-order valence-corrected chi connectivity index (χ3v) is 3.71. The quantitative estimate of drug-likeness (QED) is 0.849. The first-order valence-electron chi connectivity index (χ1n) is 7.66. The van der Waals surface area contributed by atoms with Gasteiger partial charge in [0.2, 0.25) is 0 Å². The third-order valence-electron chi connectivity index (χ3n) is 3.71. The zero-order valence-corrected chi connectivity index (χ0v) is 13.6. The summed E-state index contributed by atoms with van der Waals surface area (Å²) in [7, 11) is 0. The lowest BCUT2D eigenvalue weighted by molar-refractivity contribution is 0.0628. The monoisotopic (exact) mass is 328 g/mol. The van der Waals surface area contributed by atoms with Gasteiger partial charge in [-0.1, -0.05) is 35.9 Å². The van der Waals surface area contributed by atoms with Crippen molar-refractivity contribution in [1.29, 1.82) is 0 Å². The molecule has 126 valence electrons. The highest BCUT2D eigenvalue weighted by molar-refractivity contribution is 5.94. The van der Waals surface area contributed by atoms with Crippen LogP contribution in [0.25, 0.3) is 0 Å². The van der Waals surface area contributed by atoms with Crippen molar-refractivity contribution in [3.05, 3.63) is 65.0 Å². The minimum Gasteiger partial charge on any atom is -0.477 e. The second-order valence-corrected chi connectivity index (χ2v) is 5.48. The maximum atomic E-state index is 12.5. The summed E-state index contributed by atoms with van der Waals surface area (Å²) in [6, 6.07) is 11.7. The molecule has 0 bridgehead atoms. The van der Waals surface area contributed by atoms with Gasteiger partial charge < -0.3 is 15.1 Å². The van der Waals surface area contributed by atoms with Gasteiger partial charge in [-0.25, -0.2) is 9.78 Å². The molecule has 0 spiro atoms. The van der Waals surface area contributed by atoms with E-state index in [0.29, 0.717) is 6.54 Å². The molecule has 1 unspecified atom stereocenters. The SMILES string of the molecule is CCN(CC(O)c1ccc(C)cc1)C(=O)c1cccc(C(=O)O)n1. The molecular weight excluding hydrogens is 308 g/mol. The number of amides is 1. The highest BCUT2D eigenvalue weighted by Gasteiger charge is 2.20. The molecule has 0 fully saturated rings. The summed E-state index contributed by atoms with van der Waals surface area (Å²) in [4.78, 5) is 28.8. The largest absolute Gasteiger partial charge is 0.477 e. The Kier molecular flexibility index (Phi) is 5.65. The van der Waals surface area contributed by atoms with Crippen molar-refractivity contribution in [3.63, 3.8) is 0 Å². The van der Waals surface area contributed by atoms with E-state index in [0.717, 1.165) is 11.1 Å². The number of carboxylic acids is 1. The average molecular weight is 328 g/mol. The molecule has 1 aromatic carbocycles. The fourth-order valence-electron chi connectivity index (χ4n) is 2.29. The highest BCUT2D eigenvalue weighted by Crippen LogP contribution is 2.16. The normalized spacial score (nSPS) is 11.8. The van der Waals surface area contributed by atoms with Crippen molar-refractivity contribution in [2.24, 2.45) is 0 Å². The van der Waals surface area contributed by atoms with Crippen LogP contribution in [0, 0.1) is 6.92 Å². The average Bonchev–Trinajstić information content (AvgIpc) is 2.59. The van der Waals surface area contributed by atoms with Crippen LogP contribution in [0.3, 0.4) is 0 Å². The molecule has 2 N–H and O–H groups in total. The zero-order chi connectivity index (χ0) is 17.7. The van der Waals surface area contributed by atoms with Gasteiger partial charge >= 0.3 is 5.97 Å². The third kappa shape index (κ3) is 4.17. The number of hydrogen-bond donors (Lipinski definition) is 2. The molecule has 2 rings (SSSR count). The van der Waals surface area contributed by atoms with Crippen molar-refractivity contribution in [1.82, 2.24) is 9.88 Å². The molecule has 1 aromatic heterocycles. The minimum absolute atomic E-state index is 0.0489. The molecule has 0 saturated carbocycles.